The Labute approximate surface area is 292 Å². The summed E-state index contributed by atoms with van der Waals surface area (Å²) >= 11 is 0. The lowest BCUT2D eigenvalue weighted by Crippen LogP contribution is -2.50. The number of fused-ring (bicyclic) bond motifs is 8. The zero-order chi connectivity index (χ0) is 33.4. The van der Waals surface area contributed by atoms with Crippen LogP contribution >= 0.6 is 0 Å². The first kappa shape index (κ1) is 28.9. The predicted molar refractivity (Wildman–Crippen MR) is 212 cm³/mol. The molecule has 0 saturated carbocycles. The number of hydrogen-bond acceptors (Lipinski definition) is 2. The summed E-state index contributed by atoms with van der Waals surface area (Å²) in [5.74, 6) is 0.783. The number of aromatic nitrogens is 3. The lowest BCUT2D eigenvalue weighted by atomic mass is 9.98. The van der Waals surface area contributed by atoms with Gasteiger partial charge in [-0.2, -0.15) is 0 Å². The Morgan fingerprint density at radius 2 is 1.18 bits per heavy atom. The van der Waals surface area contributed by atoms with Gasteiger partial charge in [-0.3, -0.25) is 0 Å². The van der Waals surface area contributed by atoms with Gasteiger partial charge in [-0.05, 0) is 69.0 Å². The van der Waals surface area contributed by atoms with E-state index in [9.17, 15) is 0 Å². The Bertz CT molecular complexity index is 2780. The molecule has 0 N–H and O–H groups in total. The predicted octanol–water partition coefficient (Wildman–Crippen LogP) is 10.5. The monoisotopic (exact) mass is 655 g/mol. The van der Waals surface area contributed by atoms with Crippen molar-refractivity contribution in [1.29, 1.82) is 0 Å². The maximum atomic E-state index is 5.42. The van der Waals surface area contributed by atoms with Crippen molar-refractivity contribution in [3.63, 3.8) is 0 Å². The highest BCUT2D eigenvalue weighted by Gasteiger charge is 2.41. The number of benzene rings is 7. The van der Waals surface area contributed by atoms with Crippen LogP contribution in [0.3, 0.4) is 0 Å². The largest absolute Gasteiger partial charge is 0.309 e. The highest BCUT2D eigenvalue weighted by atomic mass is 28.3. The molecule has 50 heavy (non-hydrogen) atoms. The molecule has 4 heteroatoms. The summed E-state index contributed by atoms with van der Waals surface area (Å²) in [4.78, 5) is 10.8. The molecule has 0 unspecified atom stereocenters. The fourth-order valence-electron chi connectivity index (χ4n) is 8.14. The van der Waals surface area contributed by atoms with Gasteiger partial charge in [0.1, 0.15) is 8.07 Å². The van der Waals surface area contributed by atoms with Gasteiger partial charge in [-0.1, -0.05) is 140 Å². The van der Waals surface area contributed by atoms with Crippen LogP contribution in [0.5, 0.6) is 0 Å². The van der Waals surface area contributed by atoms with Crippen molar-refractivity contribution in [3.05, 3.63) is 164 Å². The zero-order valence-electron chi connectivity index (χ0n) is 27.9. The molecule has 0 bridgehead atoms. The van der Waals surface area contributed by atoms with E-state index in [0.29, 0.717) is 0 Å². The number of nitrogens with zero attached hydrogens (tertiary/aromatic N) is 3. The summed E-state index contributed by atoms with van der Waals surface area (Å²) in [6.45, 7) is 4.84. The van der Waals surface area contributed by atoms with Gasteiger partial charge >= 0.3 is 0 Å². The first-order valence-electron chi connectivity index (χ1n) is 17.3. The summed E-state index contributed by atoms with van der Waals surface area (Å²) in [7, 11) is -2.05. The number of para-hydroxylation sites is 1. The fraction of sp³-hybridized carbons (Fsp3) is 0.0435. The van der Waals surface area contributed by atoms with E-state index in [2.05, 4.69) is 181 Å². The summed E-state index contributed by atoms with van der Waals surface area (Å²) in [6, 6.07) is 59.0. The maximum absolute atomic E-state index is 5.42. The molecule has 7 aromatic carbocycles. The standard InChI is InChI=1S/C46H33N3Si/c1-50(2)41-23-12-11-22-37(41)43-44(31-15-5-3-6-16-31)47-45(48-46(43)50)34-18-13-17-32(28-34)33-25-26-39-38(29-33)42-36-21-10-9-14-30(36)24-27-40(42)49(39)35-19-7-4-8-20-35/h3-29H,1-2H3. The third kappa shape index (κ3) is 4.28. The minimum absolute atomic E-state index is 0.783. The van der Waals surface area contributed by atoms with Crippen molar-refractivity contribution in [3.8, 4) is 50.6 Å². The van der Waals surface area contributed by atoms with E-state index in [1.54, 1.807) is 0 Å². The van der Waals surface area contributed by atoms with Gasteiger partial charge in [0.05, 0.1) is 16.7 Å². The maximum Gasteiger partial charge on any atom is 0.159 e. The van der Waals surface area contributed by atoms with E-state index in [1.807, 2.05) is 0 Å². The van der Waals surface area contributed by atoms with Gasteiger partial charge < -0.3 is 4.57 Å². The van der Waals surface area contributed by atoms with Gasteiger partial charge in [0.15, 0.2) is 5.82 Å². The van der Waals surface area contributed by atoms with E-state index in [4.69, 9.17) is 9.97 Å². The van der Waals surface area contributed by atoms with Crippen LogP contribution in [0.2, 0.25) is 13.1 Å². The molecule has 236 valence electrons. The molecule has 3 heterocycles. The summed E-state index contributed by atoms with van der Waals surface area (Å²) in [5, 5.41) is 7.69. The Morgan fingerprint density at radius 1 is 0.500 bits per heavy atom. The quantitative estimate of drug-likeness (QED) is 0.177. The van der Waals surface area contributed by atoms with Crippen LogP contribution in [0.25, 0.3) is 83.2 Å². The van der Waals surface area contributed by atoms with Gasteiger partial charge in [-0.25, -0.2) is 9.97 Å². The van der Waals surface area contributed by atoms with Crippen molar-refractivity contribution in [2.45, 2.75) is 13.1 Å². The van der Waals surface area contributed by atoms with Crippen LogP contribution in [0, 0.1) is 0 Å². The molecular formula is C46H33N3Si. The molecule has 0 radical (unpaired) electrons. The molecule has 0 atom stereocenters. The van der Waals surface area contributed by atoms with E-state index in [0.717, 1.165) is 33.9 Å². The van der Waals surface area contributed by atoms with Gasteiger partial charge in [0.25, 0.3) is 0 Å². The van der Waals surface area contributed by atoms with Crippen molar-refractivity contribution in [1.82, 2.24) is 14.5 Å². The van der Waals surface area contributed by atoms with Gasteiger partial charge in [0, 0.05) is 38.5 Å². The van der Waals surface area contributed by atoms with Crippen LogP contribution in [0.15, 0.2) is 164 Å². The Balaban J connectivity index is 1.17. The van der Waals surface area contributed by atoms with Crippen LogP contribution in [0.1, 0.15) is 0 Å². The minimum atomic E-state index is -2.05. The molecule has 0 spiro atoms. The van der Waals surface area contributed by atoms with Gasteiger partial charge in [0.2, 0.25) is 0 Å². The third-order valence-corrected chi connectivity index (χ3v) is 13.9. The molecule has 10 rings (SSSR count). The molecule has 1 aliphatic heterocycles. The molecule has 0 fully saturated rings. The molecule has 0 aliphatic carbocycles. The van der Waals surface area contributed by atoms with Crippen molar-refractivity contribution < 1.29 is 0 Å². The Hall–Kier alpha value is -6.10. The van der Waals surface area contributed by atoms with Gasteiger partial charge in [-0.15, -0.1) is 0 Å². The zero-order valence-corrected chi connectivity index (χ0v) is 28.9. The summed E-state index contributed by atoms with van der Waals surface area (Å²) < 4.78 is 2.39. The average Bonchev–Trinajstić information content (AvgIpc) is 3.63. The molecule has 1 aliphatic rings. The molecule has 0 amide bonds. The SMILES string of the molecule is C[Si]1(C)c2ccccc2-c2c(-c3ccccc3)nc(-c3cccc(-c4ccc5c(c4)c4c6ccccc6ccc4n5-c4ccccc4)c3)nc21. The summed E-state index contributed by atoms with van der Waals surface area (Å²) in [6.07, 6.45) is 0. The molecule has 0 saturated heterocycles. The first-order chi connectivity index (χ1) is 24.6. The first-order valence-corrected chi connectivity index (χ1v) is 20.3. The van der Waals surface area contributed by atoms with Crippen LogP contribution < -0.4 is 10.5 Å². The second kappa shape index (κ2) is 11.0. The van der Waals surface area contributed by atoms with Crippen LogP contribution in [-0.4, -0.2) is 22.6 Å². The second-order valence-corrected chi connectivity index (χ2v) is 18.1. The normalized spacial score (nSPS) is 13.2. The average molecular weight is 656 g/mol. The third-order valence-electron chi connectivity index (χ3n) is 10.5. The van der Waals surface area contributed by atoms with Crippen molar-refractivity contribution in [2.75, 3.05) is 0 Å². The molecular weight excluding hydrogens is 623 g/mol. The Kier molecular flexibility index (Phi) is 6.33. The minimum Gasteiger partial charge on any atom is -0.309 e. The molecule has 3 nitrogen and oxygen atoms in total. The lowest BCUT2D eigenvalue weighted by molar-refractivity contribution is 1.18. The van der Waals surface area contributed by atoms with Crippen molar-refractivity contribution in [2.24, 2.45) is 0 Å². The van der Waals surface area contributed by atoms with Crippen molar-refractivity contribution >= 4 is 51.2 Å². The van der Waals surface area contributed by atoms with E-state index in [1.165, 1.54) is 59.8 Å². The second-order valence-electron chi connectivity index (χ2n) is 13.8. The smallest absolute Gasteiger partial charge is 0.159 e. The number of hydrogen-bond donors (Lipinski definition) is 0. The lowest BCUT2D eigenvalue weighted by Gasteiger charge is -2.19. The highest BCUT2D eigenvalue weighted by Crippen LogP contribution is 2.40. The van der Waals surface area contributed by atoms with Crippen LogP contribution in [-0.2, 0) is 0 Å². The fourth-order valence-corrected chi connectivity index (χ4v) is 11.1. The van der Waals surface area contributed by atoms with E-state index < -0.39 is 8.07 Å². The van der Waals surface area contributed by atoms with E-state index in [-0.39, 0.29) is 0 Å². The number of rotatable bonds is 4. The molecule has 9 aromatic rings. The summed E-state index contributed by atoms with van der Waals surface area (Å²) in [5.41, 5.74) is 11.5. The van der Waals surface area contributed by atoms with Crippen LogP contribution in [0.4, 0.5) is 0 Å². The van der Waals surface area contributed by atoms with E-state index >= 15 is 0 Å². The topological polar surface area (TPSA) is 30.7 Å². The highest BCUT2D eigenvalue weighted by molar-refractivity contribution is 7.03. The Morgan fingerprint density at radius 3 is 2.04 bits per heavy atom. The molecule has 2 aromatic heterocycles.